The SMILES string of the molecule is O=C1C=CC(=O)N1c1cc(-c2cc(N3C(=O)C=CC3=O)cc(C(F)(F)F)c2)cc(C(F)(F)F)c1. The number of imide groups is 2. The zero-order chi connectivity index (χ0) is 25.0. The van der Waals surface area contributed by atoms with Crippen molar-refractivity contribution in [2.24, 2.45) is 0 Å². The molecule has 2 heterocycles. The standard InChI is InChI=1S/C22H10F6N2O4/c23-21(24,25)13-5-11(7-15(9-13)29-17(31)1-2-18(29)32)12-6-14(22(26,27)28)10-16(8-12)30-19(33)3-4-20(30)34/h1-10H. The molecule has 2 aliphatic rings. The molecule has 0 N–H and O–H groups in total. The van der Waals surface area contributed by atoms with Crippen LogP contribution in [0.4, 0.5) is 37.7 Å². The summed E-state index contributed by atoms with van der Waals surface area (Å²) in [4.78, 5) is 48.8. The molecular formula is C22H10F6N2O4. The van der Waals surface area contributed by atoms with Crippen molar-refractivity contribution in [1.82, 2.24) is 0 Å². The van der Waals surface area contributed by atoms with Crippen LogP contribution in [0, 0.1) is 0 Å². The number of anilines is 2. The highest BCUT2D eigenvalue weighted by Crippen LogP contribution is 2.40. The molecule has 0 bridgehead atoms. The maximum absolute atomic E-state index is 13.6. The van der Waals surface area contributed by atoms with Gasteiger partial charge in [-0.3, -0.25) is 19.2 Å². The van der Waals surface area contributed by atoms with Gasteiger partial charge in [0, 0.05) is 24.3 Å². The van der Waals surface area contributed by atoms with Gasteiger partial charge in [0.25, 0.3) is 23.6 Å². The molecule has 2 aromatic carbocycles. The van der Waals surface area contributed by atoms with Crippen LogP contribution >= 0.6 is 0 Å². The van der Waals surface area contributed by atoms with E-state index in [-0.39, 0.29) is 0 Å². The number of amides is 4. The Kier molecular flexibility index (Phi) is 5.18. The zero-order valence-electron chi connectivity index (χ0n) is 16.6. The zero-order valence-corrected chi connectivity index (χ0v) is 16.6. The van der Waals surface area contributed by atoms with Crippen molar-refractivity contribution in [3.05, 3.63) is 71.8 Å². The summed E-state index contributed by atoms with van der Waals surface area (Å²) in [6.07, 6.45) is -6.60. The highest BCUT2D eigenvalue weighted by Gasteiger charge is 2.36. The molecule has 34 heavy (non-hydrogen) atoms. The van der Waals surface area contributed by atoms with Gasteiger partial charge in [0.15, 0.2) is 0 Å². The molecule has 0 saturated heterocycles. The topological polar surface area (TPSA) is 74.8 Å². The summed E-state index contributed by atoms with van der Waals surface area (Å²) in [5, 5.41) is 0. The van der Waals surface area contributed by atoms with E-state index in [9.17, 15) is 45.5 Å². The quantitative estimate of drug-likeness (QED) is 0.487. The lowest BCUT2D eigenvalue weighted by molar-refractivity contribution is -0.138. The van der Waals surface area contributed by atoms with Gasteiger partial charge in [0.1, 0.15) is 0 Å². The van der Waals surface area contributed by atoms with E-state index in [2.05, 4.69) is 0 Å². The van der Waals surface area contributed by atoms with Gasteiger partial charge in [-0.25, -0.2) is 9.80 Å². The lowest BCUT2D eigenvalue weighted by Gasteiger charge is -2.20. The average molecular weight is 480 g/mol. The van der Waals surface area contributed by atoms with Crippen molar-refractivity contribution in [3.63, 3.8) is 0 Å². The molecule has 0 radical (unpaired) electrons. The number of hydrogen-bond donors (Lipinski definition) is 0. The van der Waals surface area contributed by atoms with E-state index in [0.29, 0.717) is 34.1 Å². The molecule has 0 spiro atoms. The Morgan fingerprint density at radius 3 is 1.03 bits per heavy atom. The molecule has 0 atom stereocenters. The fourth-order valence-electron chi connectivity index (χ4n) is 3.45. The molecule has 0 saturated carbocycles. The molecule has 2 aliphatic heterocycles. The maximum atomic E-state index is 13.6. The van der Waals surface area contributed by atoms with Crippen LogP contribution in [0.3, 0.4) is 0 Å². The lowest BCUT2D eigenvalue weighted by atomic mass is 9.98. The molecule has 4 amide bonds. The lowest BCUT2D eigenvalue weighted by Crippen LogP contribution is -2.30. The average Bonchev–Trinajstić information content (AvgIpc) is 3.26. The normalized spacial score (nSPS) is 16.4. The number of carbonyl (C=O) groups excluding carboxylic acids is 4. The number of benzene rings is 2. The molecule has 4 rings (SSSR count). The van der Waals surface area contributed by atoms with E-state index < -0.39 is 69.6 Å². The number of halogens is 6. The molecule has 6 nitrogen and oxygen atoms in total. The molecule has 174 valence electrons. The van der Waals surface area contributed by atoms with Crippen molar-refractivity contribution in [2.75, 3.05) is 9.80 Å². The first-order chi connectivity index (χ1) is 15.8. The summed E-state index contributed by atoms with van der Waals surface area (Å²) in [6.45, 7) is 0. The van der Waals surface area contributed by atoms with Gasteiger partial charge in [0.05, 0.1) is 22.5 Å². The third kappa shape index (κ3) is 4.09. The monoisotopic (exact) mass is 480 g/mol. The van der Waals surface area contributed by atoms with Crippen molar-refractivity contribution < 1.29 is 45.5 Å². The minimum Gasteiger partial charge on any atom is -0.269 e. The third-order valence-electron chi connectivity index (χ3n) is 4.96. The van der Waals surface area contributed by atoms with Crippen LogP contribution in [-0.4, -0.2) is 23.6 Å². The predicted octanol–water partition coefficient (Wildman–Crippen LogP) is 4.25. The van der Waals surface area contributed by atoms with Gasteiger partial charge in [-0.1, -0.05) is 0 Å². The predicted molar refractivity (Wildman–Crippen MR) is 105 cm³/mol. The number of alkyl halides is 6. The van der Waals surface area contributed by atoms with E-state index in [1.54, 1.807) is 0 Å². The first-order valence-electron chi connectivity index (χ1n) is 9.33. The first kappa shape index (κ1) is 23.0. The molecule has 12 heteroatoms. The summed E-state index contributed by atoms with van der Waals surface area (Å²) < 4.78 is 81.3. The fourth-order valence-corrected chi connectivity index (χ4v) is 3.45. The van der Waals surface area contributed by atoms with E-state index >= 15 is 0 Å². The van der Waals surface area contributed by atoms with Crippen LogP contribution in [0.2, 0.25) is 0 Å². The number of rotatable bonds is 3. The van der Waals surface area contributed by atoms with E-state index in [0.717, 1.165) is 36.4 Å². The minimum absolute atomic E-state index is 0.434. The minimum atomic E-state index is -4.97. The van der Waals surface area contributed by atoms with Crippen LogP contribution in [-0.2, 0) is 31.5 Å². The van der Waals surface area contributed by atoms with Crippen LogP contribution in [0.1, 0.15) is 11.1 Å². The Morgan fingerprint density at radius 2 is 0.765 bits per heavy atom. The van der Waals surface area contributed by atoms with Crippen molar-refractivity contribution in [1.29, 1.82) is 0 Å². The molecule has 0 unspecified atom stereocenters. The second-order valence-electron chi connectivity index (χ2n) is 7.22. The van der Waals surface area contributed by atoms with E-state index in [1.165, 1.54) is 0 Å². The molecule has 0 aromatic heterocycles. The Bertz CT molecular complexity index is 1190. The molecule has 2 aromatic rings. The Labute approximate surface area is 186 Å². The van der Waals surface area contributed by atoms with Crippen molar-refractivity contribution in [3.8, 4) is 11.1 Å². The van der Waals surface area contributed by atoms with Crippen LogP contribution in [0.25, 0.3) is 11.1 Å². The highest BCUT2D eigenvalue weighted by atomic mass is 19.4. The maximum Gasteiger partial charge on any atom is 0.416 e. The highest BCUT2D eigenvalue weighted by molar-refractivity contribution is 6.29. The molecule has 0 fully saturated rings. The van der Waals surface area contributed by atoms with E-state index in [4.69, 9.17) is 0 Å². The summed E-state index contributed by atoms with van der Waals surface area (Å²) in [5.74, 6) is -3.72. The molecule has 0 aliphatic carbocycles. The van der Waals surface area contributed by atoms with Crippen LogP contribution < -0.4 is 9.80 Å². The summed E-state index contributed by atoms with van der Waals surface area (Å²) in [6, 6.07) is 3.96. The summed E-state index contributed by atoms with van der Waals surface area (Å²) in [5.41, 5.74) is -4.56. The van der Waals surface area contributed by atoms with Gasteiger partial charge in [0.2, 0.25) is 0 Å². The summed E-state index contributed by atoms with van der Waals surface area (Å²) in [7, 11) is 0. The first-order valence-corrected chi connectivity index (χ1v) is 9.33. The fraction of sp³-hybridized carbons (Fsp3) is 0.0909. The number of carbonyl (C=O) groups is 4. The summed E-state index contributed by atoms with van der Waals surface area (Å²) >= 11 is 0. The number of hydrogen-bond acceptors (Lipinski definition) is 4. The van der Waals surface area contributed by atoms with Crippen LogP contribution in [0.5, 0.6) is 0 Å². The van der Waals surface area contributed by atoms with Gasteiger partial charge in [-0.2, -0.15) is 26.3 Å². The number of nitrogens with zero attached hydrogens (tertiary/aromatic N) is 2. The molecular weight excluding hydrogens is 470 g/mol. The van der Waals surface area contributed by atoms with Gasteiger partial charge >= 0.3 is 12.4 Å². The van der Waals surface area contributed by atoms with Gasteiger partial charge in [-0.05, 0) is 47.5 Å². The van der Waals surface area contributed by atoms with Crippen molar-refractivity contribution >= 4 is 35.0 Å². The second kappa shape index (κ2) is 7.68. The van der Waals surface area contributed by atoms with Crippen molar-refractivity contribution in [2.45, 2.75) is 12.4 Å². The van der Waals surface area contributed by atoms with Crippen LogP contribution in [0.15, 0.2) is 60.7 Å². The Morgan fingerprint density at radius 1 is 0.471 bits per heavy atom. The third-order valence-corrected chi connectivity index (χ3v) is 4.96. The smallest absolute Gasteiger partial charge is 0.269 e. The van der Waals surface area contributed by atoms with Gasteiger partial charge < -0.3 is 0 Å². The Hall–Kier alpha value is -4.22. The van der Waals surface area contributed by atoms with Gasteiger partial charge in [-0.15, -0.1) is 0 Å². The largest absolute Gasteiger partial charge is 0.416 e. The van der Waals surface area contributed by atoms with E-state index in [1.807, 2.05) is 0 Å². The second-order valence-corrected chi connectivity index (χ2v) is 7.22. The Balaban J connectivity index is 1.94.